The van der Waals surface area contributed by atoms with E-state index in [0.717, 1.165) is 29.4 Å². The molecule has 2 aromatic rings. The number of sulfonamides is 1. The fourth-order valence-electron chi connectivity index (χ4n) is 2.88. The summed E-state index contributed by atoms with van der Waals surface area (Å²) in [5.74, 6) is 0.777. The van der Waals surface area contributed by atoms with Crippen LogP contribution < -0.4 is 5.32 Å². The van der Waals surface area contributed by atoms with E-state index in [9.17, 15) is 8.42 Å². The molecule has 0 unspecified atom stereocenters. The van der Waals surface area contributed by atoms with E-state index in [2.05, 4.69) is 14.7 Å². The number of hydrogen-bond acceptors (Lipinski definition) is 7. The molecule has 26 heavy (non-hydrogen) atoms. The fraction of sp³-hybridized carbons (Fsp3) is 0.529. The van der Waals surface area contributed by atoms with Crippen LogP contribution in [0.4, 0.5) is 5.13 Å². The van der Waals surface area contributed by atoms with Crippen LogP contribution in [0.25, 0.3) is 0 Å². The Bertz CT molecular complexity index is 813. The highest BCUT2D eigenvalue weighted by Crippen LogP contribution is 2.23. The van der Waals surface area contributed by atoms with Gasteiger partial charge in [0.2, 0.25) is 15.2 Å². The highest BCUT2D eigenvalue weighted by molar-refractivity contribution is 7.89. The fourth-order valence-corrected chi connectivity index (χ4v) is 5.04. The molecule has 1 aliphatic rings. The highest BCUT2D eigenvalue weighted by Gasteiger charge is 2.29. The molecular weight excluding hydrogens is 372 g/mol. The number of methoxy groups -OCH3 is 1. The molecule has 9 heteroatoms. The summed E-state index contributed by atoms with van der Waals surface area (Å²) >= 11 is 1.34. The topological polar surface area (TPSA) is 84.4 Å². The maximum absolute atomic E-state index is 12.7. The van der Waals surface area contributed by atoms with Crippen molar-refractivity contribution in [2.24, 2.45) is 0 Å². The average Bonchev–Trinajstić information content (AvgIpc) is 3.08. The number of benzene rings is 1. The Labute approximate surface area is 158 Å². The zero-order valence-corrected chi connectivity index (χ0v) is 16.6. The lowest BCUT2D eigenvalue weighted by molar-refractivity contribution is 0.201. The summed E-state index contributed by atoms with van der Waals surface area (Å²) in [7, 11) is -1.76. The molecule has 0 radical (unpaired) electrons. The monoisotopic (exact) mass is 396 g/mol. The van der Waals surface area contributed by atoms with E-state index in [4.69, 9.17) is 4.74 Å². The van der Waals surface area contributed by atoms with Crippen LogP contribution in [-0.2, 0) is 21.2 Å². The predicted octanol–water partition coefficient (Wildman–Crippen LogP) is 2.30. The molecule has 2 heterocycles. The van der Waals surface area contributed by atoms with Crippen molar-refractivity contribution in [1.29, 1.82) is 0 Å². The molecule has 0 spiro atoms. The smallest absolute Gasteiger partial charge is 0.243 e. The number of anilines is 1. The first-order valence-corrected chi connectivity index (χ1v) is 10.9. The molecule has 3 rings (SSSR count). The molecule has 0 aliphatic carbocycles. The molecule has 0 atom stereocenters. The van der Waals surface area contributed by atoms with Gasteiger partial charge in [-0.25, -0.2) is 13.4 Å². The van der Waals surface area contributed by atoms with Crippen molar-refractivity contribution in [3.63, 3.8) is 0 Å². The van der Waals surface area contributed by atoms with Crippen molar-refractivity contribution in [2.75, 3.05) is 32.1 Å². The minimum atomic E-state index is -3.41. The van der Waals surface area contributed by atoms with Gasteiger partial charge in [0.1, 0.15) is 5.82 Å². The highest BCUT2D eigenvalue weighted by atomic mass is 32.2. The molecule has 0 bridgehead atoms. The molecule has 7 nitrogen and oxygen atoms in total. The maximum atomic E-state index is 12.7. The Morgan fingerprint density at radius 3 is 2.62 bits per heavy atom. The Balaban J connectivity index is 1.55. The number of piperidine rings is 1. The lowest BCUT2D eigenvalue weighted by Gasteiger charge is -2.31. The van der Waals surface area contributed by atoms with Gasteiger partial charge in [0.05, 0.1) is 11.5 Å². The summed E-state index contributed by atoms with van der Waals surface area (Å²) in [5, 5.41) is 4.17. The quantitative estimate of drug-likeness (QED) is 0.773. The van der Waals surface area contributed by atoms with Crippen LogP contribution in [0.2, 0.25) is 0 Å². The van der Waals surface area contributed by atoms with Crippen LogP contribution in [-0.4, -0.2) is 54.9 Å². The van der Waals surface area contributed by atoms with E-state index in [1.165, 1.54) is 11.5 Å². The van der Waals surface area contributed by atoms with Gasteiger partial charge in [0, 0.05) is 44.2 Å². The number of nitrogens with zero attached hydrogens (tertiary/aromatic N) is 3. The normalized spacial score (nSPS) is 16.7. The van der Waals surface area contributed by atoms with E-state index in [0.29, 0.717) is 31.0 Å². The number of hydrogen-bond donors (Lipinski definition) is 1. The second-order valence-corrected chi connectivity index (χ2v) is 9.08. The second kappa shape index (κ2) is 8.43. The second-order valence-electron chi connectivity index (χ2n) is 6.39. The molecule has 0 amide bonds. The van der Waals surface area contributed by atoms with Crippen LogP contribution in [0.1, 0.15) is 24.2 Å². The van der Waals surface area contributed by atoms with Gasteiger partial charge in [-0.05, 0) is 31.9 Å². The van der Waals surface area contributed by atoms with E-state index < -0.39 is 10.0 Å². The van der Waals surface area contributed by atoms with Gasteiger partial charge >= 0.3 is 0 Å². The third-order valence-electron chi connectivity index (χ3n) is 4.44. The zero-order valence-electron chi connectivity index (χ0n) is 15.0. The van der Waals surface area contributed by atoms with Gasteiger partial charge in [-0.2, -0.15) is 8.68 Å². The SMILES string of the molecule is COCCc1nsc(NC2CCN(S(=O)(=O)c3ccc(C)cc3)CC2)n1. The van der Waals surface area contributed by atoms with Crippen LogP contribution >= 0.6 is 11.5 Å². The Morgan fingerprint density at radius 1 is 1.27 bits per heavy atom. The summed E-state index contributed by atoms with van der Waals surface area (Å²) in [6.07, 6.45) is 2.19. The lowest BCUT2D eigenvalue weighted by Crippen LogP contribution is -2.42. The number of rotatable bonds is 7. The lowest BCUT2D eigenvalue weighted by atomic mass is 10.1. The Kier molecular flexibility index (Phi) is 6.23. The van der Waals surface area contributed by atoms with Crippen LogP contribution in [0, 0.1) is 6.92 Å². The predicted molar refractivity (Wildman–Crippen MR) is 102 cm³/mol. The van der Waals surface area contributed by atoms with Crippen LogP contribution in [0.5, 0.6) is 0 Å². The molecule has 1 fully saturated rings. The summed E-state index contributed by atoms with van der Waals surface area (Å²) in [5.41, 5.74) is 1.05. The van der Waals surface area contributed by atoms with Crippen LogP contribution in [0.15, 0.2) is 29.2 Å². The largest absolute Gasteiger partial charge is 0.384 e. The first-order chi connectivity index (χ1) is 12.5. The van der Waals surface area contributed by atoms with E-state index in [1.807, 2.05) is 19.1 Å². The standard InChI is InChI=1S/C17H24N4O3S2/c1-13-3-5-15(6-4-13)26(22,23)21-10-7-14(8-11-21)18-17-19-16(20-25-17)9-12-24-2/h3-6,14H,7-12H2,1-2H3,(H,18,19,20). The number of aromatic nitrogens is 2. The van der Waals surface area contributed by atoms with Crippen molar-refractivity contribution >= 4 is 26.7 Å². The molecule has 1 saturated heterocycles. The zero-order chi connectivity index (χ0) is 18.6. The molecule has 142 valence electrons. The third kappa shape index (κ3) is 4.59. The number of aryl methyl sites for hydroxylation is 1. The molecule has 1 N–H and O–H groups in total. The summed E-state index contributed by atoms with van der Waals surface area (Å²) in [6, 6.07) is 7.23. The van der Waals surface area contributed by atoms with E-state index in [1.54, 1.807) is 23.5 Å². The molecule has 1 aromatic heterocycles. The van der Waals surface area contributed by atoms with Crippen molar-refractivity contribution in [3.8, 4) is 0 Å². The molecule has 1 aromatic carbocycles. The van der Waals surface area contributed by atoms with Crippen molar-refractivity contribution in [1.82, 2.24) is 13.7 Å². The minimum absolute atomic E-state index is 0.211. The third-order valence-corrected chi connectivity index (χ3v) is 7.04. The molecule has 1 aliphatic heterocycles. The minimum Gasteiger partial charge on any atom is -0.384 e. The Morgan fingerprint density at radius 2 is 1.96 bits per heavy atom. The molecule has 0 saturated carbocycles. The summed E-state index contributed by atoms with van der Waals surface area (Å²) < 4.78 is 36.4. The first-order valence-electron chi connectivity index (χ1n) is 8.64. The van der Waals surface area contributed by atoms with Crippen molar-refractivity contribution in [2.45, 2.75) is 37.1 Å². The number of nitrogens with one attached hydrogen (secondary N) is 1. The van der Waals surface area contributed by atoms with Gasteiger partial charge in [-0.15, -0.1) is 0 Å². The van der Waals surface area contributed by atoms with Gasteiger partial charge in [0.15, 0.2) is 0 Å². The van der Waals surface area contributed by atoms with Gasteiger partial charge in [-0.1, -0.05) is 17.7 Å². The van der Waals surface area contributed by atoms with Gasteiger partial charge in [-0.3, -0.25) is 0 Å². The van der Waals surface area contributed by atoms with Gasteiger partial charge in [0.25, 0.3) is 0 Å². The maximum Gasteiger partial charge on any atom is 0.243 e. The first kappa shape index (κ1) is 19.2. The van der Waals surface area contributed by atoms with E-state index >= 15 is 0 Å². The van der Waals surface area contributed by atoms with Crippen molar-refractivity contribution in [3.05, 3.63) is 35.7 Å². The molecular formula is C17H24N4O3S2. The average molecular weight is 397 g/mol. The van der Waals surface area contributed by atoms with Crippen LogP contribution in [0.3, 0.4) is 0 Å². The van der Waals surface area contributed by atoms with Crippen molar-refractivity contribution < 1.29 is 13.2 Å². The summed E-state index contributed by atoms with van der Waals surface area (Å²) in [6.45, 7) is 3.56. The Hall–Kier alpha value is -1.55. The van der Waals surface area contributed by atoms with Gasteiger partial charge < -0.3 is 10.1 Å². The summed E-state index contributed by atoms with van der Waals surface area (Å²) in [4.78, 5) is 4.81. The van der Waals surface area contributed by atoms with E-state index in [-0.39, 0.29) is 6.04 Å². The number of ether oxygens (including phenoxy) is 1.